The van der Waals surface area contributed by atoms with Crippen molar-refractivity contribution < 1.29 is 54.7 Å². The van der Waals surface area contributed by atoms with E-state index in [4.69, 9.17) is 48.0 Å². The van der Waals surface area contributed by atoms with Crippen LogP contribution in [0, 0.1) is 11.7 Å². The molecule has 2 heterocycles. The number of amides is 1. The number of ether oxygens (including phenoxy) is 2. The molecule has 0 radical (unpaired) electrons. The first-order chi connectivity index (χ1) is 23.7. The Morgan fingerprint density at radius 2 is 1.64 bits per heavy atom. The number of carboxylic acid groups (broad SMARTS) is 1. The lowest BCUT2D eigenvalue weighted by molar-refractivity contribution is -0.494. The molecule has 0 unspecified atom stereocenters. The number of nitrogens with zero attached hydrogens (tertiary/aromatic N) is 1. The van der Waals surface area contributed by atoms with Gasteiger partial charge in [-0.15, -0.1) is 0 Å². The quantitative estimate of drug-likeness (QED) is 0.185. The van der Waals surface area contributed by atoms with Crippen molar-refractivity contribution in [3.05, 3.63) is 104 Å². The third kappa shape index (κ3) is 7.84. The third-order valence-electron chi connectivity index (χ3n) is 9.59. The number of aliphatic hydroxyl groups excluding tert-OH is 3. The number of quaternary nitrogens is 1. The largest absolute Gasteiger partial charge is 0.550 e. The van der Waals surface area contributed by atoms with Crippen LogP contribution in [-0.4, -0.2) is 82.9 Å². The summed E-state index contributed by atoms with van der Waals surface area (Å²) in [4.78, 5) is 27.2. The molecule has 14 heteroatoms. The Bertz CT molecular complexity index is 1660. The number of benzene rings is 3. The van der Waals surface area contributed by atoms with Crippen molar-refractivity contribution in [2.45, 2.75) is 56.0 Å². The molecule has 1 saturated heterocycles. The number of halogens is 3. The summed E-state index contributed by atoms with van der Waals surface area (Å²) >= 11 is 12.3. The topological polar surface area (TPSA) is 187 Å². The maximum absolute atomic E-state index is 16.5. The zero-order valence-corrected chi connectivity index (χ0v) is 29.5. The van der Waals surface area contributed by atoms with Crippen LogP contribution in [0.25, 0.3) is 0 Å². The van der Waals surface area contributed by atoms with Crippen LogP contribution in [0.3, 0.4) is 0 Å². The molecule has 0 spiro atoms. The SMILES string of the molecule is CC[C@@](O)(c1cc(F)c2c(c1)C(=O)N(Cc1ccc(Cl)cc1CC(=O)[O-])[C@@]2(OC)c1ccc(Cl)cc1)C1CCOCC1.[NH3+]C(CO)(CO)CO. The van der Waals surface area contributed by atoms with Crippen molar-refractivity contribution in [1.82, 2.24) is 4.90 Å². The smallest absolute Gasteiger partial charge is 0.257 e. The zero-order valence-electron chi connectivity index (χ0n) is 28.0. The lowest BCUT2D eigenvalue weighted by Crippen LogP contribution is -2.78. The highest BCUT2D eigenvalue weighted by Crippen LogP contribution is 2.49. The molecule has 3 aromatic carbocycles. The van der Waals surface area contributed by atoms with E-state index in [2.05, 4.69) is 5.73 Å². The van der Waals surface area contributed by atoms with Gasteiger partial charge in [-0.05, 0) is 78.3 Å². The zero-order chi connectivity index (χ0) is 36.9. The Morgan fingerprint density at radius 1 is 1.04 bits per heavy atom. The average molecular weight is 738 g/mol. The molecule has 11 nitrogen and oxygen atoms in total. The number of carbonyl (C=O) groups is 2. The second-order valence-electron chi connectivity index (χ2n) is 12.7. The van der Waals surface area contributed by atoms with Crippen molar-refractivity contribution in [1.29, 1.82) is 0 Å². The van der Waals surface area contributed by atoms with Crippen LogP contribution < -0.4 is 10.8 Å². The van der Waals surface area contributed by atoms with Crippen LogP contribution in [0.4, 0.5) is 4.39 Å². The predicted octanol–water partition coefficient (Wildman–Crippen LogP) is 1.90. The van der Waals surface area contributed by atoms with Crippen LogP contribution in [-0.2, 0) is 38.6 Å². The predicted molar refractivity (Wildman–Crippen MR) is 180 cm³/mol. The summed E-state index contributed by atoms with van der Waals surface area (Å²) in [5.41, 5.74) is 0.967. The van der Waals surface area contributed by atoms with Crippen molar-refractivity contribution >= 4 is 35.1 Å². The number of carboxylic acids is 1. The van der Waals surface area contributed by atoms with Gasteiger partial charge in [0.05, 0.1) is 16.7 Å². The summed E-state index contributed by atoms with van der Waals surface area (Å²) in [7, 11) is 1.38. The van der Waals surface area contributed by atoms with Crippen molar-refractivity contribution in [3.63, 3.8) is 0 Å². The van der Waals surface area contributed by atoms with Gasteiger partial charge in [0.2, 0.25) is 0 Å². The number of carbonyl (C=O) groups excluding carboxylic acids is 2. The van der Waals surface area contributed by atoms with Crippen molar-refractivity contribution in [2.75, 3.05) is 40.1 Å². The Kier molecular flexibility index (Phi) is 13.0. The first-order valence-electron chi connectivity index (χ1n) is 16.2. The van der Waals surface area contributed by atoms with Crippen LogP contribution in [0.2, 0.25) is 10.0 Å². The highest BCUT2D eigenvalue weighted by Gasteiger charge is 2.54. The molecule has 0 aliphatic carbocycles. The number of hydrogen-bond acceptors (Lipinski definition) is 9. The normalized spacial score (nSPS) is 19.1. The molecule has 272 valence electrons. The van der Waals surface area contributed by atoms with E-state index in [0.717, 1.165) is 0 Å². The summed E-state index contributed by atoms with van der Waals surface area (Å²) in [5, 5.41) is 49.4. The summed E-state index contributed by atoms with van der Waals surface area (Å²) in [5.74, 6) is -2.73. The number of aliphatic hydroxyl groups is 4. The molecular formula is C36H43Cl2FN2O9. The maximum Gasteiger partial charge on any atom is 0.257 e. The molecule has 1 fully saturated rings. The van der Waals surface area contributed by atoms with Gasteiger partial charge in [0.15, 0.2) is 11.3 Å². The Morgan fingerprint density at radius 3 is 2.16 bits per heavy atom. The van der Waals surface area contributed by atoms with E-state index in [9.17, 15) is 19.8 Å². The summed E-state index contributed by atoms with van der Waals surface area (Å²) in [6.45, 7) is 1.81. The van der Waals surface area contributed by atoms with Crippen LogP contribution in [0.5, 0.6) is 0 Å². The van der Waals surface area contributed by atoms with Crippen molar-refractivity contribution in [2.24, 2.45) is 5.92 Å². The van der Waals surface area contributed by atoms with Crippen LogP contribution in [0.1, 0.15) is 64.4 Å². The molecule has 2 aliphatic heterocycles. The fraction of sp³-hybridized carbons (Fsp3) is 0.444. The molecule has 5 rings (SSSR count). The number of aliphatic carboxylic acids is 1. The molecule has 1 amide bonds. The monoisotopic (exact) mass is 736 g/mol. The van der Waals surface area contributed by atoms with Crippen LogP contribution >= 0.6 is 23.2 Å². The van der Waals surface area contributed by atoms with Gasteiger partial charge in [-0.2, -0.15) is 0 Å². The van der Waals surface area contributed by atoms with Gasteiger partial charge in [0.1, 0.15) is 25.6 Å². The number of methoxy groups -OCH3 is 1. The fourth-order valence-electron chi connectivity index (χ4n) is 6.58. The van der Waals surface area contributed by atoms with E-state index in [1.54, 1.807) is 42.5 Å². The molecule has 2 aliphatic rings. The lowest BCUT2D eigenvalue weighted by atomic mass is 9.74. The van der Waals surface area contributed by atoms with Crippen LogP contribution in [0.15, 0.2) is 54.6 Å². The molecule has 7 N–H and O–H groups in total. The molecule has 0 bridgehead atoms. The number of fused-ring (bicyclic) bond motifs is 1. The second kappa shape index (κ2) is 16.4. The highest BCUT2D eigenvalue weighted by molar-refractivity contribution is 6.30. The Labute approximate surface area is 300 Å². The van der Waals surface area contributed by atoms with Gasteiger partial charge in [-0.1, -0.05) is 48.3 Å². The average Bonchev–Trinajstić information content (AvgIpc) is 3.36. The van der Waals surface area contributed by atoms with Gasteiger partial charge in [-0.3, -0.25) is 9.69 Å². The summed E-state index contributed by atoms with van der Waals surface area (Å²) in [6.07, 6.45) is 1.10. The fourth-order valence-corrected chi connectivity index (χ4v) is 6.90. The molecule has 2 atom stereocenters. The minimum atomic E-state index is -1.72. The van der Waals surface area contributed by atoms with Crippen molar-refractivity contribution in [3.8, 4) is 0 Å². The Balaban J connectivity index is 0.000000627. The van der Waals surface area contributed by atoms with Gasteiger partial charge in [0.25, 0.3) is 5.91 Å². The molecule has 3 aromatic rings. The first-order valence-corrected chi connectivity index (χ1v) is 16.9. The van der Waals surface area contributed by atoms with E-state index >= 15 is 4.39 Å². The van der Waals surface area contributed by atoms with Gasteiger partial charge in [0, 0.05) is 54.9 Å². The number of hydrogen-bond donors (Lipinski definition) is 5. The van der Waals surface area contributed by atoms with E-state index in [1.165, 1.54) is 24.1 Å². The number of rotatable bonds is 12. The van der Waals surface area contributed by atoms with E-state index in [1.807, 2.05) is 6.92 Å². The molecule has 50 heavy (non-hydrogen) atoms. The summed E-state index contributed by atoms with van der Waals surface area (Å²) < 4.78 is 28.1. The first kappa shape index (κ1) is 39.6. The highest BCUT2D eigenvalue weighted by atomic mass is 35.5. The van der Waals surface area contributed by atoms with E-state index < -0.39 is 41.0 Å². The standard InChI is InChI=1S/C32H32Cl2FNO6.C4H11NO3/c1-3-31(40,21-10-12-42-13-11-21)23-16-26-29(27(35)17-23)32(41-2,22-5-8-24(33)9-6-22)36(30(26)39)18-19-4-7-25(34)14-20(19)15-28(37)38;5-4(1-6,2-7)3-8/h4-9,14,16-17,21,40H,3,10-13,15,18H2,1-2H3,(H,37,38);6-8H,1-3,5H2/t31-,32+;/m0./s1. The minimum absolute atomic E-state index is 0.00178. The van der Waals surface area contributed by atoms with E-state index in [0.29, 0.717) is 64.8 Å². The Hall–Kier alpha value is -3.17. The lowest BCUT2D eigenvalue weighted by Gasteiger charge is -2.39. The van der Waals surface area contributed by atoms with Gasteiger partial charge >= 0.3 is 0 Å². The molecule has 0 aromatic heterocycles. The molecule has 0 saturated carbocycles. The third-order valence-corrected chi connectivity index (χ3v) is 10.1. The van der Waals surface area contributed by atoms with Gasteiger partial charge < -0.3 is 45.5 Å². The second-order valence-corrected chi connectivity index (χ2v) is 13.6. The van der Waals surface area contributed by atoms with Gasteiger partial charge in [-0.25, -0.2) is 4.39 Å². The maximum atomic E-state index is 16.5. The molecular weight excluding hydrogens is 694 g/mol. The minimum Gasteiger partial charge on any atom is -0.550 e. The van der Waals surface area contributed by atoms with E-state index in [-0.39, 0.29) is 43.4 Å². The summed E-state index contributed by atoms with van der Waals surface area (Å²) in [6, 6.07) is 14.1.